The molecule has 0 bridgehead atoms. The topological polar surface area (TPSA) is 38.2 Å². The van der Waals surface area contributed by atoms with E-state index in [0.717, 1.165) is 39.3 Å². The van der Waals surface area contributed by atoms with Gasteiger partial charge in [0.1, 0.15) is 0 Å². The summed E-state index contributed by atoms with van der Waals surface area (Å²) < 4.78 is 28.8. The van der Waals surface area contributed by atoms with E-state index in [1.54, 1.807) is 0 Å². The molecule has 0 amide bonds. The minimum absolute atomic E-state index is 0. The van der Waals surface area contributed by atoms with Crippen molar-refractivity contribution in [1.29, 1.82) is 0 Å². The van der Waals surface area contributed by atoms with Crippen LogP contribution in [0.2, 0.25) is 0 Å². The summed E-state index contributed by atoms with van der Waals surface area (Å²) >= 11 is 0. The first-order valence-electron chi connectivity index (χ1n) is 5.61. The van der Waals surface area contributed by atoms with Crippen LogP contribution in [0.3, 0.4) is 0 Å². The minimum Gasteiger partial charge on any atom is -0.662 e. The Labute approximate surface area is 167 Å². The molecule has 0 saturated carbocycles. The maximum atomic E-state index is 9.58. The Bertz CT molecular complexity index is 110. The van der Waals surface area contributed by atoms with Crippen LogP contribution in [0.25, 0.3) is 5.32 Å². The van der Waals surface area contributed by atoms with E-state index in [9.17, 15) is 13.2 Å². The summed E-state index contributed by atoms with van der Waals surface area (Å²) in [5, 5.41) is 11.2. The number of nitrogens with one attached hydrogen (secondary N) is 2. The number of nitrogens with zero attached hydrogens (tertiary/aromatic N) is 1. The van der Waals surface area contributed by atoms with Crippen LogP contribution in [0.4, 0.5) is 13.2 Å². The van der Waals surface area contributed by atoms with Crippen LogP contribution < -0.4 is 10.6 Å². The molecule has 10 heteroatoms. The maximum absolute atomic E-state index is 9.58. The van der Waals surface area contributed by atoms with Crippen LogP contribution in [0.5, 0.6) is 0 Å². The fourth-order valence-corrected chi connectivity index (χ4v) is 1.33. The molecule has 0 aromatic rings. The molecule has 1 fully saturated rings. The summed E-state index contributed by atoms with van der Waals surface area (Å²) in [4.78, 5) is 0. The van der Waals surface area contributed by atoms with Gasteiger partial charge in [-0.25, -0.2) is 0 Å². The molecule has 1 rings (SSSR count). The summed E-state index contributed by atoms with van der Waals surface area (Å²) in [7, 11) is 0. The second kappa shape index (κ2) is 38.1. The van der Waals surface area contributed by atoms with Crippen molar-refractivity contribution in [2.24, 2.45) is 0 Å². The average molecular weight is 427 g/mol. The Morgan fingerprint density at radius 1 is 0.682 bits per heavy atom. The fourth-order valence-electron chi connectivity index (χ4n) is 1.33. The fraction of sp³-hybridized carbons (Fsp3) is 0.750. The van der Waals surface area contributed by atoms with Gasteiger partial charge >= 0.3 is 21.7 Å². The number of hydrogen-bond acceptors (Lipinski definition) is 2. The van der Waals surface area contributed by atoms with Crippen molar-refractivity contribution in [3.63, 3.8) is 0 Å². The zero-order valence-electron chi connectivity index (χ0n) is 13.2. The summed E-state index contributed by atoms with van der Waals surface area (Å²) in [6.45, 7) is 3.53. The summed E-state index contributed by atoms with van der Waals surface area (Å²) in [6.07, 6.45) is 3.65. The third kappa shape index (κ3) is 49.6. The molecule has 1 aliphatic rings. The van der Waals surface area contributed by atoms with Crippen molar-refractivity contribution in [3.05, 3.63) is 26.8 Å². The van der Waals surface area contributed by atoms with Gasteiger partial charge in [-0.05, 0) is 32.6 Å². The Balaban J connectivity index is -0.0000000410. The standard InChI is InChI=1S/C9H20N3.CF3.2CH3.3ClH.Ti/c1-4-10-6-2-8-12-9-3-7-11-5-1;2-1(3)4;;;;;;/h10-11H,1-9H2;;2*1H3;3*1H;/q4*-1;;;;+4. The first-order valence-corrected chi connectivity index (χ1v) is 5.61. The van der Waals surface area contributed by atoms with Gasteiger partial charge in [0.05, 0.1) is 0 Å². The monoisotopic (exact) mass is 425 g/mol. The average Bonchev–Trinajstić information content (AvgIpc) is 2.17. The van der Waals surface area contributed by atoms with E-state index in [4.69, 9.17) is 0 Å². The van der Waals surface area contributed by atoms with E-state index in [1.165, 1.54) is 19.3 Å². The Kier molecular flexibility index (Phi) is 75.4. The van der Waals surface area contributed by atoms with Gasteiger partial charge in [0.25, 0.3) is 0 Å². The van der Waals surface area contributed by atoms with E-state index in [2.05, 4.69) is 16.0 Å². The van der Waals surface area contributed by atoms with Gasteiger partial charge < -0.3 is 44.0 Å². The molecule has 1 saturated heterocycles. The largest absolute Gasteiger partial charge is 4.00 e. The smallest absolute Gasteiger partial charge is 0.662 e. The molecule has 0 unspecified atom stereocenters. The van der Waals surface area contributed by atoms with Gasteiger partial charge in [-0.2, -0.15) is 0 Å². The van der Waals surface area contributed by atoms with Crippen LogP contribution in [-0.2, 0) is 21.7 Å². The van der Waals surface area contributed by atoms with E-state index >= 15 is 0 Å². The minimum atomic E-state index is -3.08. The third-order valence-corrected chi connectivity index (χ3v) is 2.05. The van der Waals surface area contributed by atoms with Gasteiger partial charge in [0.15, 0.2) is 6.68 Å². The Morgan fingerprint density at radius 3 is 1.27 bits per heavy atom. The van der Waals surface area contributed by atoms with E-state index in [0.29, 0.717) is 0 Å². The van der Waals surface area contributed by atoms with Gasteiger partial charge in [0.2, 0.25) is 0 Å². The molecule has 2 N–H and O–H groups in total. The number of halogens is 6. The van der Waals surface area contributed by atoms with Gasteiger partial charge in [-0.15, -0.1) is 50.3 Å². The van der Waals surface area contributed by atoms with Crippen molar-refractivity contribution in [2.75, 3.05) is 39.3 Å². The molecule has 1 heterocycles. The quantitative estimate of drug-likeness (QED) is 0.449. The maximum Gasteiger partial charge on any atom is 4.00 e. The van der Waals surface area contributed by atoms with Crippen molar-refractivity contribution in [2.45, 2.75) is 19.3 Å². The molecule has 0 radical (unpaired) electrons. The Morgan fingerprint density at radius 2 is 0.955 bits per heavy atom. The van der Waals surface area contributed by atoms with E-state index < -0.39 is 6.68 Å². The summed E-state index contributed by atoms with van der Waals surface area (Å²) in [5.41, 5.74) is 0. The van der Waals surface area contributed by atoms with Gasteiger partial charge in [-0.1, -0.05) is 12.8 Å². The zero-order chi connectivity index (χ0) is 12.1. The summed E-state index contributed by atoms with van der Waals surface area (Å²) in [5.74, 6) is 0. The first kappa shape index (κ1) is 43.6. The molecule has 0 spiro atoms. The number of hydrogen-bond donors (Lipinski definition) is 2. The molecule has 0 aliphatic carbocycles. The normalized spacial score (nSPS) is 14.7. The molecular weight excluding hydrogens is 397 g/mol. The molecule has 0 atom stereocenters. The molecule has 0 aromatic heterocycles. The molecule has 22 heavy (non-hydrogen) atoms. The molecular formula is C12H29Cl3F3N3Ti. The second-order valence-corrected chi connectivity index (χ2v) is 3.45. The number of rotatable bonds is 0. The van der Waals surface area contributed by atoms with Crippen molar-refractivity contribution in [1.82, 2.24) is 10.6 Å². The molecule has 138 valence electrons. The second-order valence-electron chi connectivity index (χ2n) is 3.45. The van der Waals surface area contributed by atoms with Gasteiger partial charge in [0, 0.05) is 0 Å². The molecule has 3 nitrogen and oxygen atoms in total. The Hall–Kier alpha value is 1.25. The van der Waals surface area contributed by atoms with Crippen molar-refractivity contribution in [3.8, 4) is 0 Å². The van der Waals surface area contributed by atoms with Crippen LogP contribution in [-0.4, -0.2) is 39.3 Å². The predicted octanol–water partition coefficient (Wildman–Crippen LogP) is 4.23. The summed E-state index contributed by atoms with van der Waals surface area (Å²) in [6, 6.07) is 0. The van der Waals surface area contributed by atoms with Crippen LogP contribution in [0.1, 0.15) is 19.3 Å². The first-order chi connectivity index (χ1) is 7.73. The van der Waals surface area contributed by atoms with Crippen LogP contribution in [0.15, 0.2) is 0 Å². The van der Waals surface area contributed by atoms with E-state index in [-0.39, 0.29) is 73.8 Å². The van der Waals surface area contributed by atoms with E-state index in [1.807, 2.05) is 0 Å². The molecule has 1 aliphatic heterocycles. The van der Waals surface area contributed by atoms with Crippen molar-refractivity contribution < 1.29 is 34.9 Å². The zero-order valence-corrected chi connectivity index (χ0v) is 17.2. The molecule has 0 aromatic carbocycles. The van der Waals surface area contributed by atoms with Crippen molar-refractivity contribution >= 4 is 37.2 Å². The SMILES string of the molecule is C1C[N-]CCCNCCCNC1.Cl.Cl.Cl.F[C-](F)F.[CH3-].[CH3-].[Ti+4]. The van der Waals surface area contributed by atoms with Crippen LogP contribution in [0, 0.1) is 21.5 Å². The third-order valence-electron chi connectivity index (χ3n) is 2.05. The predicted molar refractivity (Wildman–Crippen MR) is 93.8 cm³/mol. The van der Waals surface area contributed by atoms with Gasteiger partial charge in [-0.3, -0.25) is 0 Å². The van der Waals surface area contributed by atoms with Crippen LogP contribution >= 0.6 is 37.2 Å².